The molecule has 19 heavy (non-hydrogen) atoms. The predicted molar refractivity (Wildman–Crippen MR) is 72.5 cm³/mol. The summed E-state index contributed by atoms with van der Waals surface area (Å²) in [6.07, 6.45) is 3.23. The first kappa shape index (κ1) is 13.6. The average Bonchev–Trinajstić information content (AvgIpc) is 2.46. The molecular weight excluding hydrogens is 266 g/mol. The Morgan fingerprint density at radius 3 is 2.79 bits per heavy atom. The van der Waals surface area contributed by atoms with Crippen molar-refractivity contribution in [2.24, 2.45) is 0 Å². The lowest BCUT2D eigenvalue weighted by molar-refractivity contribution is 0.258. The van der Waals surface area contributed by atoms with Gasteiger partial charge in [-0.2, -0.15) is 0 Å². The van der Waals surface area contributed by atoms with Crippen LogP contribution in [0, 0.1) is 0 Å². The van der Waals surface area contributed by atoms with Gasteiger partial charge in [-0.15, -0.1) is 0 Å². The minimum Gasteiger partial charge on any atom is -0.497 e. The maximum absolute atomic E-state index is 9.32. The summed E-state index contributed by atoms with van der Waals surface area (Å²) in [6.45, 7) is 0.206. The van der Waals surface area contributed by atoms with Crippen LogP contribution in [0.5, 0.6) is 11.5 Å². The summed E-state index contributed by atoms with van der Waals surface area (Å²) >= 11 is 6.00. The standard InChI is InChI=1S/C14H14ClNO3/c1-18-12-2-3-14(11(6-12)8-17)19-9-10-4-5-16-7-13(10)15/h2-7,17H,8-9H2,1H3. The molecule has 4 nitrogen and oxygen atoms in total. The van der Waals surface area contributed by atoms with Crippen LogP contribution in [0.1, 0.15) is 11.1 Å². The molecule has 0 spiro atoms. The van der Waals surface area contributed by atoms with E-state index >= 15 is 0 Å². The molecule has 2 rings (SSSR count). The van der Waals surface area contributed by atoms with E-state index in [0.717, 1.165) is 5.56 Å². The van der Waals surface area contributed by atoms with Gasteiger partial charge in [0.2, 0.25) is 0 Å². The molecular formula is C14H14ClNO3. The van der Waals surface area contributed by atoms with Crippen LogP contribution in [0.4, 0.5) is 0 Å². The van der Waals surface area contributed by atoms with Crippen molar-refractivity contribution >= 4 is 11.6 Å². The number of ether oxygens (including phenoxy) is 2. The maximum atomic E-state index is 9.32. The van der Waals surface area contributed by atoms with E-state index in [2.05, 4.69) is 4.98 Å². The quantitative estimate of drug-likeness (QED) is 0.914. The minimum absolute atomic E-state index is 0.114. The molecule has 1 heterocycles. The second kappa shape index (κ2) is 6.41. The number of aliphatic hydroxyl groups is 1. The van der Waals surface area contributed by atoms with Gasteiger partial charge in [0.1, 0.15) is 18.1 Å². The zero-order valence-electron chi connectivity index (χ0n) is 10.5. The van der Waals surface area contributed by atoms with Crippen LogP contribution in [0.3, 0.4) is 0 Å². The number of aromatic nitrogens is 1. The molecule has 0 aliphatic heterocycles. The lowest BCUT2D eigenvalue weighted by atomic mass is 10.2. The molecule has 1 aromatic heterocycles. The summed E-state index contributed by atoms with van der Waals surface area (Å²) in [5, 5.41) is 9.88. The lowest BCUT2D eigenvalue weighted by Gasteiger charge is -2.12. The molecule has 0 unspecified atom stereocenters. The Labute approximate surface area is 116 Å². The molecule has 0 saturated carbocycles. The number of halogens is 1. The van der Waals surface area contributed by atoms with E-state index in [0.29, 0.717) is 28.7 Å². The van der Waals surface area contributed by atoms with Gasteiger partial charge in [0.05, 0.1) is 18.7 Å². The molecule has 0 aliphatic carbocycles. The van der Waals surface area contributed by atoms with Gasteiger partial charge in [0.25, 0.3) is 0 Å². The topological polar surface area (TPSA) is 51.6 Å². The Kier molecular flexibility index (Phi) is 4.60. The van der Waals surface area contributed by atoms with Crippen molar-refractivity contribution in [3.63, 3.8) is 0 Å². The highest BCUT2D eigenvalue weighted by Gasteiger charge is 2.06. The predicted octanol–water partition coefficient (Wildman–Crippen LogP) is 2.81. The highest BCUT2D eigenvalue weighted by atomic mass is 35.5. The molecule has 0 radical (unpaired) electrons. The van der Waals surface area contributed by atoms with E-state index < -0.39 is 0 Å². The van der Waals surface area contributed by atoms with Gasteiger partial charge in [-0.25, -0.2) is 0 Å². The van der Waals surface area contributed by atoms with Crippen LogP contribution in [-0.2, 0) is 13.2 Å². The zero-order chi connectivity index (χ0) is 13.7. The first-order valence-corrected chi connectivity index (χ1v) is 6.11. The molecule has 0 aliphatic rings. The SMILES string of the molecule is COc1ccc(OCc2ccncc2Cl)c(CO)c1. The van der Waals surface area contributed by atoms with E-state index in [-0.39, 0.29) is 6.61 Å². The molecule has 0 atom stereocenters. The Balaban J connectivity index is 2.13. The third-order valence-corrected chi connectivity index (χ3v) is 3.02. The Hall–Kier alpha value is -1.78. The third kappa shape index (κ3) is 3.36. The number of aliphatic hydroxyl groups excluding tert-OH is 1. The van der Waals surface area contributed by atoms with Crippen molar-refractivity contribution in [1.82, 2.24) is 4.98 Å². The first-order valence-electron chi connectivity index (χ1n) is 5.73. The van der Waals surface area contributed by atoms with Crippen molar-refractivity contribution in [2.75, 3.05) is 7.11 Å². The average molecular weight is 280 g/mol. The van der Waals surface area contributed by atoms with Crippen molar-refractivity contribution in [1.29, 1.82) is 0 Å². The number of hydrogen-bond acceptors (Lipinski definition) is 4. The zero-order valence-corrected chi connectivity index (χ0v) is 11.2. The van der Waals surface area contributed by atoms with Gasteiger partial charge in [0.15, 0.2) is 0 Å². The smallest absolute Gasteiger partial charge is 0.125 e. The second-order valence-electron chi connectivity index (χ2n) is 3.89. The maximum Gasteiger partial charge on any atom is 0.125 e. The van der Waals surface area contributed by atoms with Gasteiger partial charge in [-0.05, 0) is 24.3 Å². The number of rotatable bonds is 5. The molecule has 2 aromatic rings. The number of nitrogens with zero attached hydrogens (tertiary/aromatic N) is 1. The molecule has 100 valence electrons. The fraction of sp³-hybridized carbons (Fsp3) is 0.214. The molecule has 5 heteroatoms. The second-order valence-corrected chi connectivity index (χ2v) is 4.29. The van der Waals surface area contributed by atoms with E-state index in [1.165, 1.54) is 0 Å². The fourth-order valence-electron chi connectivity index (χ4n) is 1.62. The van der Waals surface area contributed by atoms with Gasteiger partial charge in [0, 0.05) is 23.5 Å². The summed E-state index contributed by atoms with van der Waals surface area (Å²) in [5.74, 6) is 1.29. The van der Waals surface area contributed by atoms with E-state index in [1.807, 2.05) is 0 Å². The molecule has 0 bridgehead atoms. The Morgan fingerprint density at radius 2 is 2.11 bits per heavy atom. The van der Waals surface area contributed by atoms with Crippen LogP contribution < -0.4 is 9.47 Å². The lowest BCUT2D eigenvalue weighted by Crippen LogP contribution is -2.00. The largest absolute Gasteiger partial charge is 0.497 e. The number of pyridine rings is 1. The first-order chi connectivity index (χ1) is 9.24. The number of hydrogen-bond donors (Lipinski definition) is 1. The van der Waals surface area contributed by atoms with Crippen LogP contribution in [0.2, 0.25) is 5.02 Å². The molecule has 0 saturated heterocycles. The summed E-state index contributed by atoms with van der Waals surface area (Å²) in [5.41, 5.74) is 1.51. The monoisotopic (exact) mass is 279 g/mol. The molecule has 1 aromatic carbocycles. The van der Waals surface area contributed by atoms with Crippen LogP contribution >= 0.6 is 11.6 Å². The number of benzene rings is 1. The van der Waals surface area contributed by atoms with Crippen LogP contribution in [0.25, 0.3) is 0 Å². The van der Waals surface area contributed by atoms with Gasteiger partial charge < -0.3 is 14.6 Å². The number of methoxy groups -OCH3 is 1. The van der Waals surface area contributed by atoms with E-state index in [9.17, 15) is 5.11 Å². The summed E-state index contributed by atoms with van der Waals surface area (Å²) < 4.78 is 10.8. The van der Waals surface area contributed by atoms with Crippen molar-refractivity contribution in [3.05, 3.63) is 52.8 Å². The molecule has 1 N–H and O–H groups in total. The highest BCUT2D eigenvalue weighted by molar-refractivity contribution is 6.31. The van der Waals surface area contributed by atoms with E-state index in [4.69, 9.17) is 21.1 Å². The van der Waals surface area contributed by atoms with Crippen molar-refractivity contribution in [3.8, 4) is 11.5 Å². The minimum atomic E-state index is -0.114. The summed E-state index contributed by atoms with van der Waals surface area (Å²) in [7, 11) is 1.58. The van der Waals surface area contributed by atoms with Crippen molar-refractivity contribution < 1.29 is 14.6 Å². The summed E-state index contributed by atoms with van der Waals surface area (Å²) in [6, 6.07) is 7.08. The highest BCUT2D eigenvalue weighted by Crippen LogP contribution is 2.25. The van der Waals surface area contributed by atoms with Crippen molar-refractivity contribution in [2.45, 2.75) is 13.2 Å². The summed E-state index contributed by atoms with van der Waals surface area (Å²) in [4.78, 5) is 3.91. The normalized spacial score (nSPS) is 10.3. The van der Waals surface area contributed by atoms with Gasteiger partial charge in [-0.3, -0.25) is 4.98 Å². The van der Waals surface area contributed by atoms with Gasteiger partial charge >= 0.3 is 0 Å². The molecule has 0 amide bonds. The Bertz CT molecular complexity index is 560. The van der Waals surface area contributed by atoms with Gasteiger partial charge in [-0.1, -0.05) is 11.6 Å². The van der Waals surface area contributed by atoms with Crippen LogP contribution in [-0.4, -0.2) is 17.2 Å². The third-order valence-electron chi connectivity index (χ3n) is 2.68. The van der Waals surface area contributed by atoms with E-state index in [1.54, 1.807) is 43.8 Å². The molecule has 0 fully saturated rings. The fourth-order valence-corrected chi connectivity index (χ4v) is 1.80. The van der Waals surface area contributed by atoms with Crippen LogP contribution in [0.15, 0.2) is 36.7 Å². The Morgan fingerprint density at radius 1 is 1.26 bits per heavy atom.